The van der Waals surface area contributed by atoms with E-state index in [0.717, 1.165) is 5.56 Å². The quantitative estimate of drug-likeness (QED) is 0.500. The van der Waals surface area contributed by atoms with Gasteiger partial charge in [-0.05, 0) is 5.56 Å². The summed E-state index contributed by atoms with van der Waals surface area (Å²) in [7, 11) is 0. The lowest BCUT2D eigenvalue weighted by Crippen LogP contribution is -2.31. The molecule has 0 aliphatic rings. The highest BCUT2D eigenvalue weighted by molar-refractivity contribution is 5.95. The van der Waals surface area contributed by atoms with Gasteiger partial charge in [0.1, 0.15) is 13.2 Å². The summed E-state index contributed by atoms with van der Waals surface area (Å²) in [6.45, 7) is -0.0605. The van der Waals surface area contributed by atoms with E-state index in [1.807, 2.05) is 30.3 Å². The van der Waals surface area contributed by atoms with Gasteiger partial charge in [0.2, 0.25) is 0 Å². The summed E-state index contributed by atoms with van der Waals surface area (Å²) in [4.78, 5) is 23.2. The van der Waals surface area contributed by atoms with Gasteiger partial charge in [-0.2, -0.15) is 4.73 Å². The average Bonchev–Trinajstić information content (AvgIpc) is 2.52. The molecule has 0 unspecified atom stereocenters. The van der Waals surface area contributed by atoms with Gasteiger partial charge in [-0.1, -0.05) is 30.3 Å². The number of nitrogens with zero attached hydrogens (tertiary/aromatic N) is 1. The molecule has 1 amide bonds. The molecule has 0 aliphatic carbocycles. The van der Waals surface area contributed by atoms with E-state index in [4.69, 9.17) is 4.74 Å². The molecule has 108 valence electrons. The number of benzene rings is 1. The van der Waals surface area contributed by atoms with Crippen molar-refractivity contribution in [3.8, 4) is 0 Å². The highest BCUT2D eigenvalue weighted by atomic mass is 16.5. The minimum atomic E-state index is -0.526. The summed E-state index contributed by atoms with van der Waals surface area (Å²) in [6.07, 6.45) is 2.42. The number of pyridine rings is 1. The zero-order valence-electron chi connectivity index (χ0n) is 11.2. The Hall–Kier alpha value is -2.89. The molecule has 1 N–H and O–H groups in total. The van der Waals surface area contributed by atoms with Gasteiger partial charge < -0.3 is 15.3 Å². The summed E-state index contributed by atoms with van der Waals surface area (Å²) in [5.41, 5.74) is 1.18. The van der Waals surface area contributed by atoms with Crippen LogP contribution in [0.2, 0.25) is 0 Å². The third-order valence-corrected chi connectivity index (χ3v) is 2.70. The van der Waals surface area contributed by atoms with Crippen molar-refractivity contribution in [3.63, 3.8) is 0 Å². The molecule has 0 aliphatic heterocycles. The van der Waals surface area contributed by atoms with Gasteiger partial charge >= 0.3 is 5.97 Å². The molecular weight excluding hydrogens is 272 g/mol. The van der Waals surface area contributed by atoms with E-state index in [9.17, 15) is 14.8 Å². The molecule has 1 heterocycles. The van der Waals surface area contributed by atoms with Crippen LogP contribution in [0.25, 0.3) is 0 Å². The molecule has 0 fully saturated rings. The van der Waals surface area contributed by atoms with E-state index in [1.165, 1.54) is 24.5 Å². The van der Waals surface area contributed by atoms with Crippen LogP contribution in [0.15, 0.2) is 54.9 Å². The van der Waals surface area contributed by atoms with E-state index < -0.39 is 11.9 Å². The van der Waals surface area contributed by atoms with Gasteiger partial charge in [-0.25, -0.2) is 0 Å². The van der Waals surface area contributed by atoms with Crippen molar-refractivity contribution in [2.75, 3.05) is 6.54 Å². The second kappa shape index (κ2) is 7.04. The molecule has 1 aromatic heterocycles. The first-order valence-electron chi connectivity index (χ1n) is 6.32. The highest BCUT2D eigenvalue weighted by Gasteiger charge is 2.09. The third-order valence-electron chi connectivity index (χ3n) is 2.70. The van der Waals surface area contributed by atoms with E-state index in [-0.39, 0.29) is 13.2 Å². The van der Waals surface area contributed by atoms with Crippen molar-refractivity contribution >= 4 is 11.9 Å². The standard InChI is InChI=1S/C15H14N2O4/c18-14(21-11-12-4-2-1-3-5-12)10-16-15(19)13-6-8-17(20)9-7-13/h1-9H,10-11H2,(H,16,19). The van der Waals surface area contributed by atoms with Crippen LogP contribution in [-0.2, 0) is 16.1 Å². The molecule has 1 aromatic carbocycles. The smallest absolute Gasteiger partial charge is 0.325 e. The zero-order chi connectivity index (χ0) is 15.1. The molecule has 2 rings (SSSR count). The summed E-state index contributed by atoms with van der Waals surface area (Å²) in [5, 5.41) is 13.3. The van der Waals surface area contributed by atoms with Gasteiger partial charge in [0.05, 0.1) is 5.56 Å². The second-order valence-electron chi connectivity index (χ2n) is 4.28. The number of carbonyl (C=O) groups excluding carboxylic acids is 2. The van der Waals surface area contributed by atoms with Crippen molar-refractivity contribution in [3.05, 3.63) is 71.2 Å². The highest BCUT2D eigenvalue weighted by Crippen LogP contribution is 2.00. The first kappa shape index (κ1) is 14.5. The van der Waals surface area contributed by atoms with Crippen molar-refractivity contribution in [2.45, 2.75) is 6.61 Å². The number of esters is 1. The maximum absolute atomic E-state index is 11.7. The van der Waals surface area contributed by atoms with E-state index >= 15 is 0 Å². The van der Waals surface area contributed by atoms with Crippen LogP contribution >= 0.6 is 0 Å². The monoisotopic (exact) mass is 286 g/mol. The molecule has 6 nitrogen and oxygen atoms in total. The number of hydrogen-bond donors (Lipinski definition) is 1. The van der Waals surface area contributed by atoms with Crippen LogP contribution in [0.1, 0.15) is 15.9 Å². The Kier molecular flexibility index (Phi) is 4.87. The Bertz CT molecular complexity index is 611. The third kappa shape index (κ3) is 4.61. The first-order chi connectivity index (χ1) is 10.1. The number of rotatable bonds is 5. The molecule has 0 bridgehead atoms. The van der Waals surface area contributed by atoms with Crippen LogP contribution < -0.4 is 10.0 Å². The lowest BCUT2D eigenvalue weighted by atomic mass is 10.2. The molecule has 2 aromatic rings. The Morgan fingerprint density at radius 3 is 2.43 bits per heavy atom. The van der Waals surface area contributed by atoms with Crippen LogP contribution in [0.5, 0.6) is 0 Å². The minimum absolute atomic E-state index is 0.164. The largest absolute Gasteiger partial charge is 0.619 e. The van der Waals surface area contributed by atoms with Gasteiger partial charge in [-0.3, -0.25) is 9.59 Å². The fourth-order valence-electron chi connectivity index (χ4n) is 1.61. The Morgan fingerprint density at radius 2 is 1.76 bits per heavy atom. The predicted molar refractivity (Wildman–Crippen MR) is 74.0 cm³/mol. The van der Waals surface area contributed by atoms with E-state index in [0.29, 0.717) is 10.3 Å². The lowest BCUT2D eigenvalue weighted by Gasteiger charge is -2.06. The zero-order valence-corrected chi connectivity index (χ0v) is 11.2. The molecule has 0 atom stereocenters. The molecule has 0 radical (unpaired) electrons. The molecule has 0 spiro atoms. The number of ether oxygens (including phenoxy) is 1. The summed E-state index contributed by atoms with van der Waals surface area (Å²) in [5.74, 6) is -0.964. The lowest BCUT2D eigenvalue weighted by molar-refractivity contribution is -0.605. The van der Waals surface area contributed by atoms with Gasteiger partial charge in [0.25, 0.3) is 5.91 Å². The van der Waals surface area contributed by atoms with Gasteiger partial charge in [0, 0.05) is 12.1 Å². The van der Waals surface area contributed by atoms with E-state index in [2.05, 4.69) is 5.32 Å². The van der Waals surface area contributed by atoms with E-state index in [1.54, 1.807) is 0 Å². The molecule has 21 heavy (non-hydrogen) atoms. The maximum atomic E-state index is 11.7. The minimum Gasteiger partial charge on any atom is -0.619 e. The molecule has 0 saturated carbocycles. The number of aromatic nitrogens is 1. The number of carbonyl (C=O) groups is 2. The Morgan fingerprint density at radius 1 is 1.10 bits per heavy atom. The number of hydrogen-bond acceptors (Lipinski definition) is 4. The predicted octanol–water partition coefficient (Wildman–Crippen LogP) is 0.793. The molecule has 6 heteroatoms. The fourth-order valence-corrected chi connectivity index (χ4v) is 1.61. The normalized spacial score (nSPS) is 9.90. The van der Waals surface area contributed by atoms with Crippen LogP contribution in [-0.4, -0.2) is 18.4 Å². The summed E-state index contributed by atoms with van der Waals surface area (Å²) >= 11 is 0. The number of amides is 1. The molecular formula is C15H14N2O4. The molecule has 0 saturated heterocycles. The van der Waals surface area contributed by atoms with Crippen molar-refractivity contribution in [2.24, 2.45) is 0 Å². The SMILES string of the molecule is O=C(CNC(=O)c1cc[n+]([O-])cc1)OCc1ccccc1. The van der Waals surface area contributed by atoms with Crippen molar-refractivity contribution in [1.29, 1.82) is 0 Å². The maximum Gasteiger partial charge on any atom is 0.325 e. The first-order valence-corrected chi connectivity index (χ1v) is 6.32. The average molecular weight is 286 g/mol. The van der Waals surface area contributed by atoms with Crippen molar-refractivity contribution < 1.29 is 19.1 Å². The van der Waals surface area contributed by atoms with Gasteiger partial charge in [0.15, 0.2) is 12.4 Å². The second-order valence-corrected chi connectivity index (χ2v) is 4.28. The fraction of sp³-hybridized carbons (Fsp3) is 0.133. The summed E-state index contributed by atoms with van der Waals surface area (Å²) < 4.78 is 5.60. The topological polar surface area (TPSA) is 82.3 Å². The van der Waals surface area contributed by atoms with Gasteiger partial charge in [-0.15, -0.1) is 0 Å². The Balaban J connectivity index is 1.76. The Labute approximate surface area is 121 Å². The van der Waals surface area contributed by atoms with Crippen LogP contribution in [0.3, 0.4) is 0 Å². The van der Waals surface area contributed by atoms with Crippen molar-refractivity contribution in [1.82, 2.24) is 5.32 Å². The number of nitrogens with one attached hydrogen (secondary N) is 1. The van der Waals surface area contributed by atoms with Crippen LogP contribution in [0.4, 0.5) is 0 Å². The summed E-state index contributed by atoms with van der Waals surface area (Å²) in [6, 6.07) is 12.0. The van der Waals surface area contributed by atoms with Crippen LogP contribution in [0, 0.1) is 5.21 Å².